The molecule has 0 saturated heterocycles. The molecule has 0 atom stereocenters. The fourth-order valence-corrected chi connectivity index (χ4v) is 3.59. The molecule has 0 bridgehead atoms. The average Bonchev–Trinajstić information content (AvgIpc) is 2.56. The molecule has 0 aliphatic heterocycles. The number of hydrogen-bond acceptors (Lipinski definition) is 4. The molecule has 0 aromatic carbocycles. The second-order valence-corrected chi connectivity index (χ2v) is 6.59. The van der Waals surface area contributed by atoms with Crippen molar-refractivity contribution in [2.75, 3.05) is 7.11 Å². The molecule has 6 heteroatoms. The minimum absolute atomic E-state index is 0.0931. The molecule has 2 fully saturated rings. The summed E-state index contributed by atoms with van der Waals surface area (Å²) >= 11 is 0. The number of esters is 1. The Kier molecular flexibility index (Phi) is 6.86. The Hall–Kier alpha value is -1.59. The number of methoxy groups -OCH3 is 1. The number of urea groups is 1. The van der Waals surface area contributed by atoms with Crippen molar-refractivity contribution < 1.29 is 19.1 Å². The number of carbonyl (C=O) groups excluding carboxylic acids is 3. The molecule has 6 nitrogen and oxygen atoms in total. The number of nitrogens with zero attached hydrogens (tertiary/aromatic N) is 1. The number of carbonyl (C=O) groups is 3. The molecule has 0 aromatic heterocycles. The highest BCUT2D eigenvalue weighted by atomic mass is 16.5. The van der Waals surface area contributed by atoms with Crippen molar-refractivity contribution in [1.29, 1.82) is 0 Å². The molecule has 0 aromatic rings. The molecule has 0 unspecified atom stereocenters. The Morgan fingerprint density at radius 3 is 2.09 bits per heavy atom. The summed E-state index contributed by atoms with van der Waals surface area (Å²) in [7, 11) is 1.25. The standard InChI is InChI=1S/C17H28N2O4/c1-23-16(21)12-15(20)19(14-10-6-3-7-11-14)17(22)18-13-8-4-2-5-9-13/h13-14H,2-12H2,1H3,(H,18,22). The predicted molar refractivity (Wildman–Crippen MR) is 85.8 cm³/mol. The van der Waals surface area contributed by atoms with E-state index >= 15 is 0 Å². The molecular formula is C17H28N2O4. The Morgan fingerprint density at radius 1 is 0.957 bits per heavy atom. The molecule has 2 aliphatic carbocycles. The Labute approximate surface area is 137 Å². The number of ether oxygens (including phenoxy) is 1. The first kappa shape index (κ1) is 17.8. The second kappa shape index (κ2) is 8.89. The number of rotatable bonds is 4. The van der Waals surface area contributed by atoms with Gasteiger partial charge in [-0.2, -0.15) is 0 Å². The largest absolute Gasteiger partial charge is 0.469 e. The van der Waals surface area contributed by atoms with Gasteiger partial charge >= 0.3 is 12.0 Å². The fraction of sp³-hybridized carbons (Fsp3) is 0.824. The van der Waals surface area contributed by atoms with E-state index < -0.39 is 11.9 Å². The number of imide groups is 1. The Balaban J connectivity index is 2.02. The van der Waals surface area contributed by atoms with E-state index in [9.17, 15) is 14.4 Å². The van der Waals surface area contributed by atoms with Gasteiger partial charge in [-0.05, 0) is 25.7 Å². The highest BCUT2D eigenvalue weighted by Crippen LogP contribution is 2.24. The van der Waals surface area contributed by atoms with Gasteiger partial charge in [-0.1, -0.05) is 38.5 Å². The van der Waals surface area contributed by atoms with Crippen molar-refractivity contribution in [3.05, 3.63) is 0 Å². The van der Waals surface area contributed by atoms with Crippen molar-refractivity contribution >= 4 is 17.9 Å². The zero-order valence-electron chi connectivity index (χ0n) is 14.0. The summed E-state index contributed by atoms with van der Waals surface area (Å²) in [5.74, 6) is -1.04. The SMILES string of the molecule is COC(=O)CC(=O)N(C(=O)NC1CCCCC1)C1CCCCC1. The predicted octanol–water partition coefficient (Wildman–Crippen LogP) is 2.75. The van der Waals surface area contributed by atoms with Crippen LogP contribution in [-0.2, 0) is 14.3 Å². The van der Waals surface area contributed by atoms with Crippen LogP contribution in [0.25, 0.3) is 0 Å². The van der Waals surface area contributed by atoms with E-state index in [1.54, 1.807) is 0 Å². The number of nitrogens with one attached hydrogen (secondary N) is 1. The second-order valence-electron chi connectivity index (χ2n) is 6.59. The molecule has 3 amide bonds. The lowest BCUT2D eigenvalue weighted by Crippen LogP contribution is -2.53. The smallest absolute Gasteiger partial charge is 0.324 e. The molecular weight excluding hydrogens is 296 g/mol. The summed E-state index contributed by atoms with van der Waals surface area (Å²) in [6, 6.07) is -0.282. The van der Waals surface area contributed by atoms with Gasteiger partial charge in [0.05, 0.1) is 7.11 Å². The van der Waals surface area contributed by atoms with E-state index in [0.29, 0.717) is 0 Å². The minimum atomic E-state index is -0.596. The lowest BCUT2D eigenvalue weighted by molar-refractivity contribution is -0.146. The molecule has 1 N–H and O–H groups in total. The maximum atomic E-state index is 12.7. The van der Waals surface area contributed by atoms with Gasteiger partial charge in [-0.25, -0.2) is 4.79 Å². The normalized spacial score (nSPS) is 19.9. The summed E-state index contributed by atoms with van der Waals surface area (Å²) in [5, 5.41) is 3.00. The van der Waals surface area contributed by atoms with E-state index in [1.165, 1.54) is 18.4 Å². The van der Waals surface area contributed by atoms with Gasteiger partial charge in [0.1, 0.15) is 6.42 Å². The van der Waals surface area contributed by atoms with Crippen LogP contribution in [0.15, 0.2) is 0 Å². The zero-order valence-corrected chi connectivity index (χ0v) is 14.0. The quantitative estimate of drug-likeness (QED) is 0.637. The van der Waals surface area contributed by atoms with Crippen LogP contribution in [0.4, 0.5) is 4.79 Å². The van der Waals surface area contributed by atoms with Gasteiger partial charge in [0.2, 0.25) is 5.91 Å². The van der Waals surface area contributed by atoms with Gasteiger partial charge in [0, 0.05) is 12.1 Å². The molecule has 2 saturated carbocycles. The van der Waals surface area contributed by atoms with Crippen LogP contribution in [-0.4, -0.2) is 42.0 Å². The first-order chi connectivity index (χ1) is 11.1. The highest BCUT2D eigenvalue weighted by Gasteiger charge is 2.33. The average molecular weight is 324 g/mol. The van der Waals surface area contributed by atoms with Crippen molar-refractivity contribution in [1.82, 2.24) is 10.2 Å². The van der Waals surface area contributed by atoms with Crippen molar-refractivity contribution in [2.45, 2.75) is 82.7 Å². The van der Waals surface area contributed by atoms with Gasteiger partial charge in [-0.3, -0.25) is 14.5 Å². The van der Waals surface area contributed by atoms with Crippen LogP contribution in [0.1, 0.15) is 70.6 Å². The molecule has 0 heterocycles. The number of hydrogen-bond donors (Lipinski definition) is 1. The molecule has 130 valence electrons. The molecule has 0 radical (unpaired) electrons. The van der Waals surface area contributed by atoms with Crippen LogP contribution in [0.2, 0.25) is 0 Å². The van der Waals surface area contributed by atoms with E-state index in [2.05, 4.69) is 10.1 Å². The topological polar surface area (TPSA) is 75.7 Å². The zero-order chi connectivity index (χ0) is 16.7. The molecule has 2 aliphatic rings. The van der Waals surface area contributed by atoms with E-state index in [-0.39, 0.29) is 24.5 Å². The molecule has 0 spiro atoms. The van der Waals surface area contributed by atoms with Crippen LogP contribution < -0.4 is 5.32 Å². The monoisotopic (exact) mass is 324 g/mol. The maximum absolute atomic E-state index is 12.7. The van der Waals surface area contributed by atoms with E-state index in [1.807, 2.05) is 0 Å². The highest BCUT2D eigenvalue weighted by molar-refractivity contribution is 6.02. The summed E-state index contributed by atoms with van der Waals surface area (Å²) in [5.41, 5.74) is 0. The van der Waals surface area contributed by atoms with Gasteiger partial charge < -0.3 is 10.1 Å². The van der Waals surface area contributed by atoms with Crippen molar-refractivity contribution in [2.24, 2.45) is 0 Å². The summed E-state index contributed by atoms with van der Waals surface area (Å²) in [6.45, 7) is 0. The molecule has 2 rings (SSSR count). The van der Waals surface area contributed by atoms with E-state index in [4.69, 9.17) is 0 Å². The fourth-order valence-electron chi connectivity index (χ4n) is 3.59. The minimum Gasteiger partial charge on any atom is -0.469 e. The van der Waals surface area contributed by atoms with Crippen molar-refractivity contribution in [3.8, 4) is 0 Å². The van der Waals surface area contributed by atoms with Crippen molar-refractivity contribution in [3.63, 3.8) is 0 Å². The third kappa shape index (κ3) is 5.22. The Morgan fingerprint density at radius 2 is 1.52 bits per heavy atom. The molecule has 23 heavy (non-hydrogen) atoms. The third-order valence-corrected chi connectivity index (χ3v) is 4.88. The van der Waals surface area contributed by atoms with Gasteiger partial charge in [0.25, 0.3) is 0 Å². The maximum Gasteiger partial charge on any atom is 0.324 e. The Bertz CT molecular complexity index is 426. The number of amides is 3. The van der Waals surface area contributed by atoms with Crippen LogP contribution in [0.5, 0.6) is 0 Å². The lowest BCUT2D eigenvalue weighted by Gasteiger charge is -2.34. The summed E-state index contributed by atoms with van der Waals surface area (Å²) in [6.07, 6.45) is 9.83. The summed E-state index contributed by atoms with van der Waals surface area (Å²) in [4.78, 5) is 37.8. The van der Waals surface area contributed by atoms with Gasteiger partial charge in [-0.15, -0.1) is 0 Å². The van der Waals surface area contributed by atoms with Crippen LogP contribution in [0.3, 0.4) is 0 Å². The first-order valence-electron chi connectivity index (χ1n) is 8.81. The van der Waals surface area contributed by atoms with E-state index in [0.717, 1.165) is 57.8 Å². The lowest BCUT2D eigenvalue weighted by atomic mass is 9.93. The third-order valence-electron chi connectivity index (χ3n) is 4.88. The summed E-state index contributed by atoms with van der Waals surface area (Å²) < 4.78 is 4.57. The van der Waals surface area contributed by atoms with Crippen LogP contribution >= 0.6 is 0 Å². The first-order valence-corrected chi connectivity index (χ1v) is 8.81. The van der Waals surface area contributed by atoms with Crippen LogP contribution in [0, 0.1) is 0 Å². The van der Waals surface area contributed by atoms with Gasteiger partial charge in [0.15, 0.2) is 0 Å².